The van der Waals surface area contributed by atoms with Crippen molar-refractivity contribution in [2.75, 3.05) is 13.2 Å². The lowest BCUT2D eigenvalue weighted by molar-refractivity contribution is -0.141. The summed E-state index contributed by atoms with van der Waals surface area (Å²) in [6, 6.07) is 14.9. The van der Waals surface area contributed by atoms with Crippen LogP contribution >= 0.6 is 0 Å². The van der Waals surface area contributed by atoms with Crippen LogP contribution in [0.15, 0.2) is 48.5 Å². The normalized spacial score (nSPS) is 13.7. The number of carboxylic acids is 1. The van der Waals surface area contributed by atoms with Crippen molar-refractivity contribution in [1.82, 2.24) is 5.32 Å². The molecular formula is C21H23NO5. The number of amides is 1. The van der Waals surface area contributed by atoms with Gasteiger partial charge in [0, 0.05) is 5.92 Å². The molecule has 0 heterocycles. The Morgan fingerprint density at radius 3 is 2.11 bits per heavy atom. The maximum absolute atomic E-state index is 12.1. The summed E-state index contributed by atoms with van der Waals surface area (Å²) in [4.78, 5) is 23.4. The molecule has 6 heteroatoms. The van der Waals surface area contributed by atoms with E-state index in [1.165, 1.54) is 0 Å². The lowest BCUT2D eigenvalue weighted by Gasteiger charge is -2.18. The van der Waals surface area contributed by atoms with E-state index < -0.39 is 18.1 Å². The number of nitrogens with one attached hydrogen (secondary N) is 1. The fourth-order valence-corrected chi connectivity index (χ4v) is 3.25. The third-order valence-corrected chi connectivity index (χ3v) is 4.53. The summed E-state index contributed by atoms with van der Waals surface area (Å²) in [5.41, 5.74) is 4.47. The van der Waals surface area contributed by atoms with E-state index in [1.807, 2.05) is 36.4 Å². The summed E-state index contributed by atoms with van der Waals surface area (Å²) in [6.45, 7) is 3.62. The van der Waals surface area contributed by atoms with Crippen molar-refractivity contribution >= 4 is 12.1 Å². The van der Waals surface area contributed by atoms with E-state index in [4.69, 9.17) is 9.47 Å². The first-order valence-corrected chi connectivity index (χ1v) is 8.93. The number of rotatable bonds is 7. The van der Waals surface area contributed by atoms with Crippen LogP contribution in [0.2, 0.25) is 0 Å². The molecule has 0 saturated heterocycles. The number of hydrogen-bond donors (Lipinski definition) is 2. The number of carbonyl (C=O) groups is 2. The van der Waals surface area contributed by atoms with Gasteiger partial charge in [0.05, 0.1) is 12.7 Å². The van der Waals surface area contributed by atoms with Gasteiger partial charge in [-0.25, -0.2) is 9.59 Å². The maximum atomic E-state index is 12.1. The Hall–Kier alpha value is -2.86. The van der Waals surface area contributed by atoms with Crippen LogP contribution < -0.4 is 5.32 Å². The summed E-state index contributed by atoms with van der Waals surface area (Å²) < 4.78 is 10.6. The molecule has 2 N–H and O–H groups in total. The molecule has 2 aromatic rings. The Bertz CT molecular complexity index is 787. The highest BCUT2D eigenvalue weighted by Gasteiger charge is 2.29. The van der Waals surface area contributed by atoms with Crippen LogP contribution in [0.1, 0.15) is 30.9 Å². The van der Waals surface area contributed by atoms with Crippen molar-refractivity contribution < 1.29 is 24.2 Å². The summed E-state index contributed by atoms with van der Waals surface area (Å²) in [5, 5.41) is 11.6. The molecule has 0 aliphatic heterocycles. The molecule has 27 heavy (non-hydrogen) atoms. The average molecular weight is 369 g/mol. The van der Waals surface area contributed by atoms with Gasteiger partial charge in [-0.05, 0) is 36.1 Å². The zero-order valence-electron chi connectivity index (χ0n) is 15.3. The standard InChI is InChI=1S/C21H23NO5/c1-13(2)26-12-19(20(23)24)22-21(25)27-11-18-16-9-5-3-7-14(16)15-8-4-6-10-17(15)18/h3-10,13,18-19H,11-12H2,1-2H3,(H,22,25)(H,23,24). The molecule has 0 fully saturated rings. The second kappa shape index (κ2) is 8.22. The Labute approximate surface area is 158 Å². The van der Waals surface area contributed by atoms with Crippen LogP contribution in [0, 0.1) is 0 Å². The molecule has 6 nitrogen and oxygen atoms in total. The number of ether oxygens (including phenoxy) is 2. The van der Waals surface area contributed by atoms with Crippen molar-refractivity contribution in [1.29, 1.82) is 0 Å². The highest BCUT2D eigenvalue weighted by atomic mass is 16.5. The molecule has 1 amide bonds. The van der Waals surface area contributed by atoms with Gasteiger partial charge in [0.15, 0.2) is 6.04 Å². The van der Waals surface area contributed by atoms with Gasteiger partial charge in [-0.2, -0.15) is 0 Å². The molecule has 1 atom stereocenters. The molecule has 1 aliphatic rings. The van der Waals surface area contributed by atoms with Crippen LogP contribution in [0.5, 0.6) is 0 Å². The summed E-state index contributed by atoms with van der Waals surface area (Å²) >= 11 is 0. The summed E-state index contributed by atoms with van der Waals surface area (Å²) in [5.74, 6) is -1.23. The van der Waals surface area contributed by atoms with Crippen LogP contribution in [0.3, 0.4) is 0 Å². The van der Waals surface area contributed by atoms with Gasteiger partial charge >= 0.3 is 12.1 Å². The van der Waals surface area contributed by atoms with E-state index in [2.05, 4.69) is 17.4 Å². The number of alkyl carbamates (subject to hydrolysis) is 1. The average Bonchev–Trinajstić information content (AvgIpc) is 2.97. The predicted molar refractivity (Wildman–Crippen MR) is 101 cm³/mol. The van der Waals surface area contributed by atoms with Crippen LogP contribution in [-0.2, 0) is 14.3 Å². The van der Waals surface area contributed by atoms with E-state index in [-0.39, 0.29) is 25.2 Å². The monoisotopic (exact) mass is 369 g/mol. The lowest BCUT2D eigenvalue weighted by atomic mass is 9.98. The smallest absolute Gasteiger partial charge is 0.407 e. The quantitative estimate of drug-likeness (QED) is 0.781. The van der Waals surface area contributed by atoms with Crippen LogP contribution in [0.4, 0.5) is 4.79 Å². The highest BCUT2D eigenvalue weighted by Crippen LogP contribution is 2.44. The second-order valence-corrected chi connectivity index (χ2v) is 6.74. The minimum atomic E-state index is -1.16. The van der Waals surface area contributed by atoms with Crippen LogP contribution in [-0.4, -0.2) is 42.5 Å². The lowest BCUT2D eigenvalue weighted by Crippen LogP contribution is -2.45. The molecular weight excluding hydrogens is 346 g/mol. The van der Waals surface area contributed by atoms with Gasteiger partial charge in [-0.3, -0.25) is 0 Å². The Balaban J connectivity index is 1.66. The molecule has 0 saturated carbocycles. The van der Waals surface area contributed by atoms with Gasteiger partial charge in [-0.1, -0.05) is 48.5 Å². The third kappa shape index (κ3) is 4.28. The highest BCUT2D eigenvalue weighted by molar-refractivity contribution is 5.81. The molecule has 1 unspecified atom stereocenters. The number of fused-ring (bicyclic) bond motifs is 3. The molecule has 2 aromatic carbocycles. The first-order chi connectivity index (χ1) is 13.0. The SMILES string of the molecule is CC(C)OCC(NC(=O)OCC1c2ccccc2-c2ccccc21)C(=O)O. The van der Waals surface area contributed by atoms with Gasteiger partial charge in [0.2, 0.25) is 0 Å². The van der Waals surface area contributed by atoms with E-state index in [0.29, 0.717) is 0 Å². The third-order valence-electron chi connectivity index (χ3n) is 4.53. The number of carboxylic acid groups (broad SMARTS) is 1. The Morgan fingerprint density at radius 2 is 1.59 bits per heavy atom. The zero-order valence-corrected chi connectivity index (χ0v) is 15.3. The van der Waals surface area contributed by atoms with E-state index in [9.17, 15) is 14.7 Å². The second-order valence-electron chi connectivity index (χ2n) is 6.74. The first kappa shape index (κ1) is 18.9. The number of aliphatic carboxylic acids is 1. The topological polar surface area (TPSA) is 84.9 Å². The molecule has 142 valence electrons. The van der Waals surface area contributed by atoms with Crippen molar-refractivity contribution in [3.63, 3.8) is 0 Å². The Kier molecular flexibility index (Phi) is 5.76. The summed E-state index contributed by atoms with van der Waals surface area (Å²) in [7, 11) is 0. The minimum Gasteiger partial charge on any atom is -0.480 e. The predicted octanol–water partition coefficient (Wildman–Crippen LogP) is 3.40. The van der Waals surface area contributed by atoms with Gasteiger partial charge < -0.3 is 19.9 Å². The molecule has 0 radical (unpaired) electrons. The minimum absolute atomic E-state index is 0.0710. The molecule has 3 rings (SSSR count). The zero-order chi connectivity index (χ0) is 19.4. The molecule has 0 bridgehead atoms. The van der Waals surface area contributed by atoms with Gasteiger partial charge in [0.25, 0.3) is 0 Å². The molecule has 1 aliphatic carbocycles. The molecule has 0 aromatic heterocycles. The maximum Gasteiger partial charge on any atom is 0.407 e. The van der Waals surface area contributed by atoms with E-state index >= 15 is 0 Å². The largest absolute Gasteiger partial charge is 0.480 e. The van der Waals surface area contributed by atoms with Crippen molar-refractivity contribution in [3.05, 3.63) is 59.7 Å². The van der Waals surface area contributed by atoms with E-state index in [1.54, 1.807) is 13.8 Å². The fourth-order valence-electron chi connectivity index (χ4n) is 3.25. The number of benzene rings is 2. The molecule has 0 spiro atoms. The number of hydrogen-bond acceptors (Lipinski definition) is 4. The first-order valence-electron chi connectivity index (χ1n) is 8.93. The summed E-state index contributed by atoms with van der Waals surface area (Å²) in [6.07, 6.45) is -0.896. The Morgan fingerprint density at radius 1 is 1.04 bits per heavy atom. The van der Waals surface area contributed by atoms with Crippen molar-refractivity contribution in [3.8, 4) is 11.1 Å². The van der Waals surface area contributed by atoms with Crippen molar-refractivity contribution in [2.45, 2.75) is 31.9 Å². The van der Waals surface area contributed by atoms with E-state index in [0.717, 1.165) is 22.3 Å². The van der Waals surface area contributed by atoms with Gasteiger partial charge in [-0.15, -0.1) is 0 Å². The fraction of sp³-hybridized carbons (Fsp3) is 0.333. The van der Waals surface area contributed by atoms with Gasteiger partial charge in [0.1, 0.15) is 6.61 Å². The number of carbonyl (C=O) groups excluding carboxylic acids is 1. The van der Waals surface area contributed by atoms with Crippen molar-refractivity contribution in [2.24, 2.45) is 0 Å². The van der Waals surface area contributed by atoms with Crippen LogP contribution in [0.25, 0.3) is 11.1 Å².